The first-order valence-electron chi connectivity index (χ1n) is 15.2. The number of rotatable bonds is 9. The predicted molar refractivity (Wildman–Crippen MR) is 173 cm³/mol. The number of carbonyl (C=O) groups excluding carboxylic acids is 1. The predicted octanol–water partition coefficient (Wildman–Crippen LogP) is 4.54. The molecule has 2 aliphatic rings. The number of aryl methyl sites for hydroxylation is 1. The molecule has 3 aromatic rings. The second-order valence-corrected chi connectivity index (χ2v) is 14.3. The Hall–Kier alpha value is -3.67. The molecule has 2 saturated heterocycles. The van der Waals surface area contributed by atoms with E-state index in [0.717, 1.165) is 54.3 Å². The van der Waals surface area contributed by atoms with Crippen molar-refractivity contribution in [2.24, 2.45) is 5.10 Å². The number of nitrogens with zero attached hydrogens (tertiary/aromatic N) is 4. The van der Waals surface area contributed by atoms with E-state index >= 15 is 0 Å². The third kappa shape index (κ3) is 7.00. The molecule has 5 rings (SSSR count). The summed E-state index contributed by atoms with van der Waals surface area (Å²) >= 11 is 0. The minimum absolute atomic E-state index is 0.0409. The maximum Gasteiger partial charge on any atom is 0.277 e. The molecule has 0 atom stereocenters. The minimum Gasteiger partial charge on any atom is -0.484 e. The fourth-order valence-electron chi connectivity index (χ4n) is 5.70. The third-order valence-corrected chi connectivity index (χ3v) is 10.1. The molecule has 1 N–H and O–H groups in total. The maximum atomic E-state index is 13.6. The Balaban J connectivity index is 1.34. The van der Waals surface area contributed by atoms with Crippen LogP contribution < -0.4 is 15.1 Å². The van der Waals surface area contributed by atoms with E-state index in [-0.39, 0.29) is 22.8 Å². The van der Waals surface area contributed by atoms with Gasteiger partial charge in [-0.3, -0.25) is 4.79 Å². The lowest BCUT2D eigenvalue weighted by Gasteiger charge is -2.28. The summed E-state index contributed by atoms with van der Waals surface area (Å²) in [4.78, 5) is 15.0. The van der Waals surface area contributed by atoms with Crippen molar-refractivity contribution in [1.29, 1.82) is 0 Å². The summed E-state index contributed by atoms with van der Waals surface area (Å²) in [5, 5.41) is 4.18. The number of sulfonamides is 1. The Labute approximate surface area is 260 Å². The van der Waals surface area contributed by atoms with Crippen LogP contribution in [0.15, 0.2) is 58.5 Å². The average molecular weight is 622 g/mol. The fraction of sp³-hybridized carbons (Fsp3) is 0.455. The van der Waals surface area contributed by atoms with Gasteiger partial charge in [-0.2, -0.15) is 9.41 Å². The number of nitrogens with one attached hydrogen (secondary N) is 1. The Bertz CT molecular complexity index is 1610. The summed E-state index contributed by atoms with van der Waals surface area (Å²) in [7, 11) is -3.67. The van der Waals surface area contributed by atoms with E-state index in [2.05, 4.69) is 40.8 Å². The van der Waals surface area contributed by atoms with Gasteiger partial charge in [0.1, 0.15) is 5.75 Å². The first kappa shape index (κ1) is 31.7. The molecule has 1 aromatic heterocycles. The first-order valence-corrected chi connectivity index (χ1v) is 16.6. The molecule has 236 valence electrons. The summed E-state index contributed by atoms with van der Waals surface area (Å²) in [6.45, 7) is 13.5. The molecule has 2 aliphatic heterocycles. The number of hydrazone groups is 1. The number of morpholine rings is 1. The van der Waals surface area contributed by atoms with Gasteiger partial charge in [-0.25, -0.2) is 13.8 Å². The zero-order valence-corrected chi connectivity index (χ0v) is 27.1. The van der Waals surface area contributed by atoms with Gasteiger partial charge in [0.15, 0.2) is 6.61 Å². The highest BCUT2D eigenvalue weighted by Crippen LogP contribution is 2.34. The van der Waals surface area contributed by atoms with Gasteiger partial charge in [0.2, 0.25) is 10.0 Å². The molecule has 0 saturated carbocycles. The lowest BCUT2D eigenvalue weighted by atomic mass is 9.87. The van der Waals surface area contributed by atoms with Crippen molar-refractivity contribution in [3.05, 3.63) is 71.0 Å². The van der Waals surface area contributed by atoms with E-state index < -0.39 is 10.0 Å². The van der Waals surface area contributed by atoms with E-state index in [1.165, 1.54) is 9.87 Å². The summed E-state index contributed by atoms with van der Waals surface area (Å²) in [6, 6.07) is 15.1. The van der Waals surface area contributed by atoms with Crippen LogP contribution in [0.4, 0.5) is 5.69 Å². The molecule has 44 heavy (non-hydrogen) atoms. The van der Waals surface area contributed by atoms with Gasteiger partial charge in [0.05, 0.1) is 35.7 Å². The molecular formula is C33H43N5O5S. The smallest absolute Gasteiger partial charge is 0.277 e. The van der Waals surface area contributed by atoms with Gasteiger partial charge in [0, 0.05) is 43.1 Å². The maximum absolute atomic E-state index is 13.6. The number of hydrogen-bond donors (Lipinski definition) is 1. The number of anilines is 1. The molecule has 10 nitrogen and oxygen atoms in total. The molecule has 0 spiro atoms. The van der Waals surface area contributed by atoms with Crippen LogP contribution in [-0.4, -0.2) is 75.4 Å². The lowest BCUT2D eigenvalue weighted by molar-refractivity contribution is -0.123. The van der Waals surface area contributed by atoms with Crippen LogP contribution in [0.3, 0.4) is 0 Å². The summed E-state index contributed by atoms with van der Waals surface area (Å²) in [5.74, 6) is 0.250. The van der Waals surface area contributed by atoms with Crippen molar-refractivity contribution in [2.45, 2.75) is 57.8 Å². The van der Waals surface area contributed by atoms with Crippen LogP contribution >= 0.6 is 0 Å². The highest BCUT2D eigenvalue weighted by Gasteiger charge is 2.29. The quantitative estimate of drug-likeness (QED) is 0.278. The molecule has 2 fully saturated rings. The lowest BCUT2D eigenvalue weighted by Crippen LogP contribution is -2.40. The summed E-state index contributed by atoms with van der Waals surface area (Å²) in [5.41, 5.74) is 8.21. The van der Waals surface area contributed by atoms with Gasteiger partial charge in [-0.15, -0.1) is 0 Å². The molecule has 11 heteroatoms. The van der Waals surface area contributed by atoms with Crippen molar-refractivity contribution in [2.75, 3.05) is 50.9 Å². The molecule has 0 aliphatic carbocycles. The Morgan fingerprint density at radius 1 is 0.977 bits per heavy atom. The largest absolute Gasteiger partial charge is 0.484 e. The van der Waals surface area contributed by atoms with Gasteiger partial charge >= 0.3 is 0 Å². The average Bonchev–Trinajstić information content (AvgIpc) is 3.64. The first-order chi connectivity index (χ1) is 20.9. The number of carbonyl (C=O) groups is 1. The summed E-state index contributed by atoms with van der Waals surface area (Å²) in [6.07, 6.45) is 3.81. The second-order valence-electron chi connectivity index (χ2n) is 12.4. The van der Waals surface area contributed by atoms with E-state index in [0.29, 0.717) is 32.1 Å². The van der Waals surface area contributed by atoms with Gasteiger partial charge in [-0.1, -0.05) is 32.9 Å². The zero-order valence-electron chi connectivity index (χ0n) is 26.3. The van der Waals surface area contributed by atoms with Crippen LogP contribution in [-0.2, 0) is 25.0 Å². The molecule has 0 bridgehead atoms. The van der Waals surface area contributed by atoms with Crippen LogP contribution in [0.1, 0.15) is 56.1 Å². The second kappa shape index (κ2) is 13.1. The van der Waals surface area contributed by atoms with E-state index in [9.17, 15) is 13.2 Å². The molecule has 0 radical (unpaired) electrons. The minimum atomic E-state index is -3.67. The van der Waals surface area contributed by atoms with Crippen LogP contribution in [0.5, 0.6) is 5.75 Å². The molecule has 3 heterocycles. The van der Waals surface area contributed by atoms with Crippen molar-refractivity contribution < 1.29 is 22.7 Å². The Morgan fingerprint density at radius 3 is 2.32 bits per heavy atom. The number of amides is 1. The number of ether oxygens (including phenoxy) is 2. The van der Waals surface area contributed by atoms with E-state index in [1.54, 1.807) is 18.3 Å². The molecule has 1 amide bonds. The van der Waals surface area contributed by atoms with Crippen molar-refractivity contribution in [3.63, 3.8) is 0 Å². The number of aromatic nitrogens is 1. The normalized spacial score (nSPS) is 16.5. The molecule has 2 aromatic carbocycles. The van der Waals surface area contributed by atoms with Gasteiger partial charge < -0.3 is 18.9 Å². The van der Waals surface area contributed by atoms with Crippen LogP contribution in [0, 0.1) is 13.8 Å². The van der Waals surface area contributed by atoms with E-state index in [4.69, 9.17) is 9.47 Å². The zero-order chi connectivity index (χ0) is 31.5. The van der Waals surface area contributed by atoms with Crippen molar-refractivity contribution in [1.82, 2.24) is 14.3 Å². The van der Waals surface area contributed by atoms with Gasteiger partial charge in [-0.05, 0) is 74.1 Å². The molecule has 0 unspecified atom stereocenters. The summed E-state index contributed by atoms with van der Waals surface area (Å²) < 4.78 is 41.7. The fourth-order valence-corrected chi connectivity index (χ4v) is 7.13. The highest BCUT2D eigenvalue weighted by molar-refractivity contribution is 7.89. The van der Waals surface area contributed by atoms with E-state index in [1.807, 2.05) is 50.2 Å². The SMILES string of the molecule is Cc1cc(C=NNC(=O)COc2ccc(C(C)(C)C)cc2)c(C)n1-c1cc(S(=O)(=O)N2CCOCC2)ccc1N1CCCC1. The van der Waals surface area contributed by atoms with Crippen molar-refractivity contribution >= 4 is 27.8 Å². The number of hydrogen-bond acceptors (Lipinski definition) is 7. The monoisotopic (exact) mass is 621 g/mol. The van der Waals surface area contributed by atoms with Crippen LogP contribution in [0.25, 0.3) is 5.69 Å². The topological polar surface area (TPSA) is 105 Å². The highest BCUT2D eigenvalue weighted by atomic mass is 32.2. The van der Waals surface area contributed by atoms with Gasteiger partial charge in [0.25, 0.3) is 5.91 Å². The third-order valence-electron chi connectivity index (χ3n) is 8.20. The molecular weight excluding hydrogens is 578 g/mol. The number of benzene rings is 2. The Kier molecular flexibility index (Phi) is 9.48. The standard InChI is InChI=1S/C33H43N5O5S/c1-24-20-26(22-34-35-32(39)23-43-28-10-8-27(9-11-28)33(3,4)5)25(2)38(24)31-21-29(12-13-30(31)36-14-6-7-15-36)44(40,41)37-16-18-42-19-17-37/h8-13,20-22H,6-7,14-19,23H2,1-5H3,(H,35,39). The van der Waals surface area contributed by atoms with Crippen LogP contribution in [0.2, 0.25) is 0 Å². The van der Waals surface area contributed by atoms with Crippen molar-refractivity contribution in [3.8, 4) is 11.4 Å². The Morgan fingerprint density at radius 2 is 1.66 bits per heavy atom.